The minimum Gasteiger partial charge on any atom is -0.457 e. The predicted octanol–water partition coefficient (Wildman–Crippen LogP) is 5.94. The zero-order valence-corrected chi connectivity index (χ0v) is 16.5. The Kier molecular flexibility index (Phi) is 5.64. The van der Waals surface area contributed by atoms with Crippen molar-refractivity contribution < 1.29 is 14.5 Å². The Hall–Kier alpha value is -3.67. The van der Waals surface area contributed by atoms with Crippen LogP contribution in [0.5, 0.6) is 11.5 Å². The molecule has 0 saturated heterocycles. The predicted molar refractivity (Wildman–Crippen MR) is 113 cm³/mol. The smallest absolute Gasteiger partial charge is 0.282 e. The van der Waals surface area contributed by atoms with E-state index in [2.05, 4.69) is 26.1 Å². The fourth-order valence-corrected chi connectivity index (χ4v) is 2.79. The SMILES string of the molecule is CC(C)(C)c1ccc(Oc2ccc(NC(=O)c3ccccc3[N+](=O)[O-])cc2)cc1. The fraction of sp³-hybridized carbons (Fsp3) is 0.174. The standard InChI is InChI=1S/C23H22N2O4/c1-23(2,3)16-8-12-18(13-9-16)29-19-14-10-17(11-15-19)24-22(26)20-6-4-5-7-21(20)25(27)28/h4-15H,1-3H3,(H,24,26). The highest BCUT2D eigenvalue weighted by Crippen LogP contribution is 2.28. The lowest BCUT2D eigenvalue weighted by Crippen LogP contribution is -2.13. The number of amides is 1. The van der Waals surface area contributed by atoms with Crippen molar-refractivity contribution in [2.75, 3.05) is 5.32 Å². The number of hydrogen-bond donors (Lipinski definition) is 1. The van der Waals surface area contributed by atoms with E-state index in [1.54, 1.807) is 30.3 Å². The van der Waals surface area contributed by atoms with Crippen molar-refractivity contribution in [1.82, 2.24) is 0 Å². The van der Waals surface area contributed by atoms with Crippen molar-refractivity contribution in [3.8, 4) is 11.5 Å². The van der Waals surface area contributed by atoms with E-state index in [0.29, 0.717) is 11.4 Å². The second-order valence-corrected chi connectivity index (χ2v) is 7.63. The van der Waals surface area contributed by atoms with Gasteiger partial charge < -0.3 is 10.1 Å². The summed E-state index contributed by atoms with van der Waals surface area (Å²) in [6.07, 6.45) is 0. The summed E-state index contributed by atoms with van der Waals surface area (Å²) in [5.74, 6) is 0.802. The Morgan fingerprint density at radius 3 is 2.00 bits per heavy atom. The van der Waals surface area contributed by atoms with Gasteiger partial charge in [-0.25, -0.2) is 0 Å². The Morgan fingerprint density at radius 1 is 0.897 bits per heavy atom. The van der Waals surface area contributed by atoms with Gasteiger partial charge in [-0.15, -0.1) is 0 Å². The molecule has 0 unspecified atom stereocenters. The van der Waals surface area contributed by atoms with Crippen molar-refractivity contribution >= 4 is 17.3 Å². The van der Waals surface area contributed by atoms with Crippen LogP contribution in [0.2, 0.25) is 0 Å². The number of benzene rings is 3. The third-order valence-corrected chi connectivity index (χ3v) is 4.41. The van der Waals surface area contributed by atoms with Crippen LogP contribution in [0.1, 0.15) is 36.7 Å². The van der Waals surface area contributed by atoms with E-state index >= 15 is 0 Å². The molecule has 3 rings (SSSR count). The lowest BCUT2D eigenvalue weighted by Gasteiger charge is -2.19. The first-order valence-corrected chi connectivity index (χ1v) is 9.17. The fourth-order valence-electron chi connectivity index (χ4n) is 2.79. The number of hydrogen-bond acceptors (Lipinski definition) is 4. The van der Waals surface area contributed by atoms with Gasteiger partial charge in [0, 0.05) is 11.8 Å². The highest BCUT2D eigenvalue weighted by molar-refractivity contribution is 6.07. The minimum atomic E-state index is -0.573. The van der Waals surface area contributed by atoms with Gasteiger partial charge in [0.05, 0.1) is 4.92 Å². The minimum absolute atomic E-state index is 0.0109. The molecule has 1 N–H and O–H groups in total. The van der Waals surface area contributed by atoms with Gasteiger partial charge in [0.2, 0.25) is 0 Å². The van der Waals surface area contributed by atoms with E-state index in [0.717, 1.165) is 5.75 Å². The molecule has 0 fully saturated rings. The number of anilines is 1. The van der Waals surface area contributed by atoms with Gasteiger partial charge >= 0.3 is 0 Å². The Balaban J connectivity index is 1.68. The molecule has 0 heterocycles. The first kappa shape index (κ1) is 20.1. The molecule has 0 aliphatic rings. The van der Waals surface area contributed by atoms with Crippen LogP contribution in [-0.2, 0) is 5.41 Å². The van der Waals surface area contributed by atoms with E-state index < -0.39 is 10.8 Å². The van der Waals surface area contributed by atoms with Crippen molar-refractivity contribution in [3.63, 3.8) is 0 Å². The van der Waals surface area contributed by atoms with Gasteiger partial charge in [-0.3, -0.25) is 14.9 Å². The molecule has 29 heavy (non-hydrogen) atoms. The van der Waals surface area contributed by atoms with Gasteiger partial charge in [-0.05, 0) is 53.4 Å². The summed E-state index contributed by atoms with van der Waals surface area (Å²) in [7, 11) is 0. The summed E-state index contributed by atoms with van der Waals surface area (Å²) in [6, 6.07) is 20.6. The molecule has 3 aromatic rings. The van der Waals surface area contributed by atoms with Crippen LogP contribution in [-0.4, -0.2) is 10.8 Å². The normalized spacial score (nSPS) is 11.0. The second kappa shape index (κ2) is 8.14. The average Bonchev–Trinajstić information content (AvgIpc) is 2.69. The Labute approximate surface area is 169 Å². The molecule has 0 bridgehead atoms. The van der Waals surface area contributed by atoms with Crippen LogP contribution < -0.4 is 10.1 Å². The molecular formula is C23H22N2O4. The summed E-state index contributed by atoms with van der Waals surface area (Å²) >= 11 is 0. The number of nitrogens with zero attached hydrogens (tertiary/aromatic N) is 1. The monoisotopic (exact) mass is 390 g/mol. The molecule has 0 aliphatic heterocycles. The highest BCUT2D eigenvalue weighted by atomic mass is 16.6. The number of ether oxygens (including phenoxy) is 1. The van der Waals surface area contributed by atoms with E-state index in [-0.39, 0.29) is 16.7 Å². The van der Waals surface area contributed by atoms with Crippen molar-refractivity contribution in [1.29, 1.82) is 0 Å². The Morgan fingerprint density at radius 2 is 1.45 bits per heavy atom. The van der Waals surface area contributed by atoms with Gasteiger partial charge in [-0.1, -0.05) is 45.0 Å². The number of carbonyl (C=O) groups is 1. The quantitative estimate of drug-likeness (QED) is 0.432. The summed E-state index contributed by atoms with van der Waals surface area (Å²) < 4.78 is 5.84. The number of rotatable bonds is 5. The van der Waals surface area contributed by atoms with Crippen LogP contribution in [0.3, 0.4) is 0 Å². The first-order valence-electron chi connectivity index (χ1n) is 9.17. The molecule has 6 nitrogen and oxygen atoms in total. The molecule has 148 valence electrons. The lowest BCUT2D eigenvalue weighted by atomic mass is 9.87. The number of nitro groups is 1. The summed E-state index contributed by atoms with van der Waals surface area (Å²) in [5.41, 5.74) is 1.59. The largest absolute Gasteiger partial charge is 0.457 e. The highest BCUT2D eigenvalue weighted by Gasteiger charge is 2.19. The van der Waals surface area contributed by atoms with Crippen molar-refractivity contribution in [2.45, 2.75) is 26.2 Å². The third-order valence-electron chi connectivity index (χ3n) is 4.41. The zero-order chi connectivity index (χ0) is 21.0. The number of para-hydroxylation sites is 1. The topological polar surface area (TPSA) is 81.5 Å². The van der Waals surface area contributed by atoms with Crippen molar-refractivity contribution in [3.05, 3.63) is 94.0 Å². The van der Waals surface area contributed by atoms with Gasteiger partial charge in [-0.2, -0.15) is 0 Å². The number of carbonyl (C=O) groups excluding carboxylic acids is 1. The van der Waals surface area contributed by atoms with Crippen LogP contribution >= 0.6 is 0 Å². The molecule has 1 amide bonds. The molecule has 0 spiro atoms. The van der Waals surface area contributed by atoms with E-state index in [1.165, 1.54) is 23.8 Å². The molecule has 3 aromatic carbocycles. The molecule has 0 atom stereocenters. The van der Waals surface area contributed by atoms with E-state index in [1.807, 2.05) is 24.3 Å². The lowest BCUT2D eigenvalue weighted by molar-refractivity contribution is -0.385. The van der Waals surface area contributed by atoms with Crippen LogP contribution in [0.25, 0.3) is 0 Å². The molecule has 0 aromatic heterocycles. The van der Waals surface area contributed by atoms with Crippen LogP contribution in [0.15, 0.2) is 72.8 Å². The van der Waals surface area contributed by atoms with E-state index in [9.17, 15) is 14.9 Å². The summed E-state index contributed by atoms with van der Waals surface area (Å²) in [4.78, 5) is 22.9. The molecular weight excluding hydrogens is 368 g/mol. The maximum Gasteiger partial charge on any atom is 0.282 e. The average molecular weight is 390 g/mol. The van der Waals surface area contributed by atoms with Gasteiger partial charge in [0.25, 0.3) is 11.6 Å². The maximum absolute atomic E-state index is 12.4. The second-order valence-electron chi connectivity index (χ2n) is 7.63. The molecule has 6 heteroatoms. The number of nitro benzene ring substituents is 1. The maximum atomic E-state index is 12.4. The van der Waals surface area contributed by atoms with Gasteiger partial charge in [0.15, 0.2) is 0 Å². The number of nitrogens with one attached hydrogen (secondary N) is 1. The van der Waals surface area contributed by atoms with Crippen LogP contribution in [0.4, 0.5) is 11.4 Å². The van der Waals surface area contributed by atoms with E-state index in [4.69, 9.17) is 4.74 Å². The molecule has 0 saturated carbocycles. The zero-order valence-electron chi connectivity index (χ0n) is 16.5. The summed E-state index contributed by atoms with van der Waals surface area (Å²) in [6.45, 7) is 6.46. The van der Waals surface area contributed by atoms with Gasteiger partial charge in [0.1, 0.15) is 17.1 Å². The van der Waals surface area contributed by atoms with Crippen molar-refractivity contribution in [2.24, 2.45) is 0 Å². The summed E-state index contributed by atoms with van der Waals surface area (Å²) in [5, 5.41) is 13.8. The molecule has 0 radical (unpaired) electrons. The third kappa shape index (κ3) is 4.99. The Bertz CT molecular complexity index is 1020. The molecule has 0 aliphatic carbocycles. The first-order chi connectivity index (χ1) is 13.7. The van der Waals surface area contributed by atoms with Crippen LogP contribution in [0, 0.1) is 10.1 Å².